The largest absolute Gasteiger partial charge is 0.508 e. The van der Waals surface area contributed by atoms with Crippen LogP contribution in [0.15, 0.2) is 42.5 Å². The zero-order valence-electron chi connectivity index (χ0n) is 9.77. The Morgan fingerprint density at radius 2 is 1.94 bits per heavy atom. The number of phenols is 1. The maximum atomic E-state index is 9.64. The SMILES string of the molecule is Cc1cc(N)ccc1NCc1ccccc1O. The van der Waals surface area contributed by atoms with E-state index in [0.29, 0.717) is 12.3 Å². The second-order valence-corrected chi connectivity index (χ2v) is 4.06. The van der Waals surface area contributed by atoms with Gasteiger partial charge in [-0.1, -0.05) is 18.2 Å². The summed E-state index contributed by atoms with van der Waals surface area (Å²) in [4.78, 5) is 0. The summed E-state index contributed by atoms with van der Waals surface area (Å²) >= 11 is 0. The minimum absolute atomic E-state index is 0.313. The zero-order chi connectivity index (χ0) is 12.3. The van der Waals surface area contributed by atoms with Gasteiger partial charge in [0, 0.05) is 23.5 Å². The monoisotopic (exact) mass is 228 g/mol. The zero-order valence-corrected chi connectivity index (χ0v) is 9.77. The van der Waals surface area contributed by atoms with Crippen LogP contribution in [0.5, 0.6) is 5.75 Å². The third kappa shape index (κ3) is 2.69. The minimum atomic E-state index is 0.313. The highest BCUT2D eigenvalue weighted by Crippen LogP contribution is 2.21. The molecule has 0 atom stereocenters. The van der Waals surface area contributed by atoms with Crippen molar-refractivity contribution in [1.29, 1.82) is 0 Å². The highest BCUT2D eigenvalue weighted by Gasteiger charge is 2.01. The van der Waals surface area contributed by atoms with Crippen LogP contribution >= 0.6 is 0 Å². The molecule has 0 amide bonds. The molecule has 0 unspecified atom stereocenters. The predicted molar refractivity (Wildman–Crippen MR) is 71.0 cm³/mol. The average Bonchev–Trinajstić information content (AvgIpc) is 2.30. The van der Waals surface area contributed by atoms with Crippen LogP contribution < -0.4 is 11.1 Å². The van der Waals surface area contributed by atoms with E-state index in [0.717, 1.165) is 22.5 Å². The first kappa shape index (κ1) is 11.3. The molecular weight excluding hydrogens is 212 g/mol. The Morgan fingerprint density at radius 3 is 2.65 bits per heavy atom. The Morgan fingerprint density at radius 1 is 1.18 bits per heavy atom. The molecule has 0 aliphatic heterocycles. The number of aryl methyl sites for hydroxylation is 1. The molecule has 0 saturated heterocycles. The van der Waals surface area contributed by atoms with Crippen LogP contribution in [-0.4, -0.2) is 5.11 Å². The Balaban J connectivity index is 2.10. The molecule has 88 valence electrons. The van der Waals surface area contributed by atoms with Crippen molar-refractivity contribution in [1.82, 2.24) is 0 Å². The molecule has 0 fully saturated rings. The van der Waals surface area contributed by atoms with Crippen molar-refractivity contribution in [3.05, 3.63) is 53.6 Å². The fraction of sp³-hybridized carbons (Fsp3) is 0.143. The third-order valence-electron chi connectivity index (χ3n) is 2.71. The van der Waals surface area contributed by atoms with E-state index >= 15 is 0 Å². The van der Waals surface area contributed by atoms with Crippen molar-refractivity contribution in [2.45, 2.75) is 13.5 Å². The van der Waals surface area contributed by atoms with E-state index < -0.39 is 0 Å². The summed E-state index contributed by atoms with van der Waals surface area (Å²) in [6, 6.07) is 13.0. The smallest absolute Gasteiger partial charge is 0.120 e. The minimum Gasteiger partial charge on any atom is -0.508 e. The number of nitrogens with one attached hydrogen (secondary N) is 1. The second-order valence-electron chi connectivity index (χ2n) is 4.06. The molecule has 2 aromatic carbocycles. The number of nitrogen functional groups attached to an aromatic ring is 1. The van der Waals surface area contributed by atoms with E-state index in [9.17, 15) is 5.11 Å². The van der Waals surface area contributed by atoms with Crippen LogP contribution in [0.2, 0.25) is 0 Å². The molecule has 17 heavy (non-hydrogen) atoms. The fourth-order valence-corrected chi connectivity index (χ4v) is 1.74. The molecule has 4 N–H and O–H groups in total. The normalized spacial score (nSPS) is 10.2. The van der Waals surface area contributed by atoms with E-state index in [2.05, 4.69) is 5.32 Å². The van der Waals surface area contributed by atoms with Crippen molar-refractivity contribution in [3.63, 3.8) is 0 Å². The van der Waals surface area contributed by atoms with E-state index in [1.165, 1.54) is 0 Å². The molecule has 3 heteroatoms. The summed E-state index contributed by atoms with van der Waals surface area (Å²) in [5.41, 5.74) is 9.46. The van der Waals surface area contributed by atoms with Crippen molar-refractivity contribution in [3.8, 4) is 5.75 Å². The van der Waals surface area contributed by atoms with Gasteiger partial charge in [-0.15, -0.1) is 0 Å². The topological polar surface area (TPSA) is 58.3 Å². The first-order valence-corrected chi connectivity index (χ1v) is 5.53. The van der Waals surface area contributed by atoms with E-state index in [4.69, 9.17) is 5.73 Å². The fourth-order valence-electron chi connectivity index (χ4n) is 1.74. The van der Waals surface area contributed by atoms with Gasteiger partial charge in [0.1, 0.15) is 5.75 Å². The van der Waals surface area contributed by atoms with Crippen molar-refractivity contribution in [2.24, 2.45) is 0 Å². The molecule has 2 rings (SSSR count). The second kappa shape index (κ2) is 4.78. The van der Waals surface area contributed by atoms with Crippen LogP contribution in [0.3, 0.4) is 0 Å². The molecule has 0 radical (unpaired) electrons. The number of nitrogens with two attached hydrogens (primary N) is 1. The van der Waals surface area contributed by atoms with Crippen molar-refractivity contribution < 1.29 is 5.11 Å². The summed E-state index contributed by atoms with van der Waals surface area (Å²) < 4.78 is 0. The van der Waals surface area contributed by atoms with Gasteiger partial charge >= 0.3 is 0 Å². The van der Waals surface area contributed by atoms with Gasteiger partial charge in [-0.3, -0.25) is 0 Å². The molecule has 0 bridgehead atoms. The van der Waals surface area contributed by atoms with Crippen LogP contribution in [-0.2, 0) is 6.54 Å². The standard InChI is InChI=1S/C14H16N2O/c1-10-8-12(15)6-7-13(10)16-9-11-4-2-3-5-14(11)17/h2-8,16-17H,9,15H2,1H3. The Bertz CT molecular complexity index is 523. The predicted octanol–water partition coefficient (Wildman–Crippen LogP) is 2.89. The molecule has 3 nitrogen and oxygen atoms in total. The Kier molecular flexibility index (Phi) is 3.19. The molecule has 0 aliphatic rings. The molecule has 0 aliphatic carbocycles. The molecule has 0 aromatic heterocycles. The Hall–Kier alpha value is -2.16. The lowest BCUT2D eigenvalue weighted by atomic mass is 10.1. The highest BCUT2D eigenvalue weighted by molar-refractivity contribution is 5.57. The van der Waals surface area contributed by atoms with Crippen LogP contribution in [0.25, 0.3) is 0 Å². The van der Waals surface area contributed by atoms with Gasteiger partial charge in [-0.05, 0) is 36.8 Å². The number of para-hydroxylation sites is 1. The van der Waals surface area contributed by atoms with Gasteiger partial charge in [0.2, 0.25) is 0 Å². The van der Waals surface area contributed by atoms with Crippen molar-refractivity contribution in [2.75, 3.05) is 11.1 Å². The van der Waals surface area contributed by atoms with Gasteiger partial charge in [0.25, 0.3) is 0 Å². The first-order valence-electron chi connectivity index (χ1n) is 5.53. The number of aromatic hydroxyl groups is 1. The lowest BCUT2D eigenvalue weighted by Crippen LogP contribution is -2.01. The maximum absolute atomic E-state index is 9.64. The van der Waals surface area contributed by atoms with Crippen LogP contribution in [0, 0.1) is 6.92 Å². The van der Waals surface area contributed by atoms with Gasteiger partial charge in [0.05, 0.1) is 0 Å². The summed E-state index contributed by atoms with van der Waals surface area (Å²) in [6.45, 7) is 2.60. The summed E-state index contributed by atoms with van der Waals surface area (Å²) in [5.74, 6) is 0.313. The van der Waals surface area contributed by atoms with Gasteiger partial charge in [0.15, 0.2) is 0 Å². The Labute approximate surface area is 101 Å². The van der Waals surface area contributed by atoms with E-state index in [1.54, 1.807) is 6.07 Å². The lowest BCUT2D eigenvalue weighted by molar-refractivity contribution is 0.469. The molecule has 0 saturated carbocycles. The van der Waals surface area contributed by atoms with Gasteiger partial charge < -0.3 is 16.2 Å². The number of phenolic OH excluding ortho intramolecular Hbond substituents is 1. The van der Waals surface area contributed by atoms with Crippen LogP contribution in [0.4, 0.5) is 11.4 Å². The highest BCUT2D eigenvalue weighted by atomic mass is 16.3. The summed E-state index contributed by atoms with van der Waals surface area (Å²) in [5, 5.41) is 12.9. The maximum Gasteiger partial charge on any atom is 0.120 e. The average molecular weight is 228 g/mol. The number of rotatable bonds is 3. The van der Waals surface area contributed by atoms with Crippen molar-refractivity contribution >= 4 is 11.4 Å². The number of anilines is 2. The summed E-state index contributed by atoms with van der Waals surface area (Å²) in [7, 11) is 0. The molecular formula is C14H16N2O. The van der Waals surface area contributed by atoms with Gasteiger partial charge in [-0.25, -0.2) is 0 Å². The number of hydrogen-bond acceptors (Lipinski definition) is 3. The number of benzene rings is 2. The summed E-state index contributed by atoms with van der Waals surface area (Å²) in [6.07, 6.45) is 0. The first-order chi connectivity index (χ1) is 8.16. The molecule has 0 spiro atoms. The lowest BCUT2D eigenvalue weighted by Gasteiger charge is -2.11. The molecule has 0 heterocycles. The van der Waals surface area contributed by atoms with Crippen LogP contribution in [0.1, 0.15) is 11.1 Å². The number of hydrogen-bond donors (Lipinski definition) is 3. The quantitative estimate of drug-likeness (QED) is 0.708. The third-order valence-corrected chi connectivity index (χ3v) is 2.71. The van der Waals surface area contributed by atoms with Gasteiger partial charge in [-0.2, -0.15) is 0 Å². The molecule has 2 aromatic rings. The van der Waals surface area contributed by atoms with E-state index in [-0.39, 0.29) is 0 Å². The van der Waals surface area contributed by atoms with E-state index in [1.807, 2.05) is 43.3 Å².